The van der Waals surface area contributed by atoms with Crippen molar-refractivity contribution in [1.82, 2.24) is 15.5 Å². The maximum atomic E-state index is 13.2. The van der Waals surface area contributed by atoms with Gasteiger partial charge in [-0.2, -0.15) is 0 Å². The molecule has 1 unspecified atom stereocenters. The SMILES string of the molecule is CC(C)C[C@@H](CO)NC(=O)[C@H](C)NC(=O)[C@H]1N2C(=O)c3ccccc3C2SC1(C)C. The highest BCUT2D eigenvalue weighted by atomic mass is 32.2. The summed E-state index contributed by atoms with van der Waals surface area (Å²) in [6.45, 7) is 9.39. The number of carbonyl (C=O) groups excluding carboxylic acids is 3. The van der Waals surface area contributed by atoms with Crippen LogP contribution in [0.5, 0.6) is 0 Å². The van der Waals surface area contributed by atoms with Gasteiger partial charge in [0.15, 0.2) is 0 Å². The fourth-order valence-electron chi connectivity index (χ4n) is 4.24. The number of aliphatic hydroxyl groups is 1. The predicted octanol–water partition coefficient (Wildman–Crippen LogP) is 2.06. The van der Waals surface area contributed by atoms with Crippen LogP contribution in [0, 0.1) is 5.92 Å². The number of hydrogen-bond acceptors (Lipinski definition) is 5. The summed E-state index contributed by atoms with van der Waals surface area (Å²) in [5, 5.41) is 14.9. The number of thioether (sulfide) groups is 1. The Morgan fingerprint density at radius 1 is 1.20 bits per heavy atom. The number of amides is 3. The average Bonchev–Trinajstić information content (AvgIpc) is 3.10. The van der Waals surface area contributed by atoms with Gasteiger partial charge in [0.05, 0.1) is 12.6 Å². The first kappa shape index (κ1) is 22.6. The van der Waals surface area contributed by atoms with Crippen LogP contribution in [0.4, 0.5) is 0 Å². The monoisotopic (exact) mass is 433 g/mol. The Hall–Kier alpha value is -2.06. The molecular weight excluding hydrogens is 402 g/mol. The highest BCUT2D eigenvalue weighted by Crippen LogP contribution is 2.56. The van der Waals surface area contributed by atoms with Gasteiger partial charge in [-0.3, -0.25) is 14.4 Å². The normalized spacial score (nSPS) is 23.7. The van der Waals surface area contributed by atoms with Crippen LogP contribution in [0.25, 0.3) is 0 Å². The van der Waals surface area contributed by atoms with E-state index < -0.39 is 16.8 Å². The minimum absolute atomic E-state index is 0.150. The van der Waals surface area contributed by atoms with Gasteiger partial charge in [0, 0.05) is 10.3 Å². The molecule has 0 bridgehead atoms. The molecule has 7 nitrogen and oxygen atoms in total. The number of benzene rings is 1. The maximum absolute atomic E-state index is 13.2. The molecular formula is C22H31N3O4S. The zero-order valence-electron chi connectivity index (χ0n) is 18.1. The highest BCUT2D eigenvalue weighted by Gasteiger charge is 2.57. The second kappa shape index (κ2) is 8.59. The largest absolute Gasteiger partial charge is 0.394 e. The molecule has 3 rings (SSSR count). The van der Waals surface area contributed by atoms with Gasteiger partial charge in [0.2, 0.25) is 11.8 Å². The molecule has 1 fully saturated rings. The van der Waals surface area contributed by atoms with E-state index in [4.69, 9.17) is 0 Å². The van der Waals surface area contributed by atoms with Crippen molar-refractivity contribution in [1.29, 1.82) is 0 Å². The standard InChI is InChI=1S/C22H31N3O4S/c1-12(2)10-14(11-26)24-18(27)13(3)23-19(28)17-22(4,5)30-21-16-9-7-6-8-15(16)20(29)25(17)21/h6-9,12-14,17,21,26H,10-11H2,1-5H3,(H,23,28)(H,24,27)/t13-,14-,17+,21?/m0/s1. The lowest BCUT2D eigenvalue weighted by molar-refractivity contribution is -0.131. The van der Waals surface area contributed by atoms with Gasteiger partial charge in [0.25, 0.3) is 5.91 Å². The molecule has 4 atom stereocenters. The average molecular weight is 434 g/mol. The molecule has 3 amide bonds. The quantitative estimate of drug-likeness (QED) is 0.611. The first-order valence-corrected chi connectivity index (χ1v) is 11.3. The summed E-state index contributed by atoms with van der Waals surface area (Å²) < 4.78 is -0.501. The second-order valence-corrected chi connectivity index (χ2v) is 10.8. The van der Waals surface area contributed by atoms with Crippen LogP contribution in [0.1, 0.15) is 62.3 Å². The van der Waals surface area contributed by atoms with Crippen molar-refractivity contribution in [2.45, 2.75) is 69.3 Å². The molecule has 30 heavy (non-hydrogen) atoms. The van der Waals surface area contributed by atoms with E-state index in [1.807, 2.05) is 45.9 Å². The molecule has 2 aliphatic rings. The highest BCUT2D eigenvalue weighted by molar-refractivity contribution is 8.01. The van der Waals surface area contributed by atoms with Crippen LogP contribution in [0.15, 0.2) is 24.3 Å². The maximum Gasteiger partial charge on any atom is 0.256 e. The van der Waals surface area contributed by atoms with Crippen LogP contribution in [-0.4, -0.2) is 57.2 Å². The van der Waals surface area contributed by atoms with Crippen molar-refractivity contribution >= 4 is 29.5 Å². The predicted molar refractivity (Wildman–Crippen MR) is 117 cm³/mol. The Balaban J connectivity index is 1.72. The number of carbonyl (C=O) groups is 3. The van der Waals surface area contributed by atoms with Crippen molar-refractivity contribution in [3.05, 3.63) is 35.4 Å². The third-order valence-corrected chi connectivity index (χ3v) is 7.15. The molecule has 0 saturated carbocycles. The molecule has 2 heterocycles. The zero-order chi connectivity index (χ0) is 22.2. The van der Waals surface area contributed by atoms with E-state index in [0.717, 1.165) is 5.56 Å². The van der Waals surface area contributed by atoms with Crippen molar-refractivity contribution < 1.29 is 19.5 Å². The molecule has 3 N–H and O–H groups in total. The molecule has 0 radical (unpaired) electrons. The number of nitrogens with one attached hydrogen (secondary N) is 2. The van der Waals surface area contributed by atoms with Crippen LogP contribution in [0.3, 0.4) is 0 Å². The first-order valence-electron chi connectivity index (χ1n) is 10.4. The second-order valence-electron chi connectivity index (χ2n) is 9.02. The molecule has 1 saturated heterocycles. The molecule has 164 valence electrons. The minimum atomic E-state index is -0.779. The van der Waals surface area contributed by atoms with Crippen LogP contribution >= 0.6 is 11.8 Å². The Morgan fingerprint density at radius 3 is 2.50 bits per heavy atom. The molecule has 0 aromatic heterocycles. The number of fused-ring (bicyclic) bond motifs is 3. The first-order chi connectivity index (χ1) is 14.1. The molecule has 0 spiro atoms. The van der Waals surface area contributed by atoms with E-state index in [2.05, 4.69) is 10.6 Å². The number of rotatable bonds is 7. The van der Waals surface area contributed by atoms with Gasteiger partial charge >= 0.3 is 0 Å². The van der Waals surface area contributed by atoms with Gasteiger partial charge in [-0.15, -0.1) is 11.8 Å². The zero-order valence-corrected chi connectivity index (χ0v) is 19.0. The van der Waals surface area contributed by atoms with Crippen molar-refractivity contribution in [3.63, 3.8) is 0 Å². The lowest BCUT2D eigenvalue weighted by Gasteiger charge is -2.30. The molecule has 8 heteroatoms. The van der Waals surface area contributed by atoms with Gasteiger partial charge in [-0.05, 0) is 44.7 Å². The van der Waals surface area contributed by atoms with Gasteiger partial charge in [0.1, 0.15) is 17.5 Å². The van der Waals surface area contributed by atoms with E-state index in [9.17, 15) is 19.5 Å². The molecule has 1 aromatic carbocycles. The van der Waals surface area contributed by atoms with Crippen LogP contribution < -0.4 is 10.6 Å². The summed E-state index contributed by atoms with van der Waals surface area (Å²) in [6, 6.07) is 5.63. The molecule has 0 aliphatic carbocycles. The number of nitrogens with zero attached hydrogens (tertiary/aromatic N) is 1. The summed E-state index contributed by atoms with van der Waals surface area (Å²) in [4.78, 5) is 40.4. The van der Waals surface area contributed by atoms with Crippen molar-refractivity contribution in [3.8, 4) is 0 Å². The van der Waals surface area contributed by atoms with E-state index >= 15 is 0 Å². The lowest BCUT2D eigenvalue weighted by Crippen LogP contribution is -2.57. The number of hydrogen-bond donors (Lipinski definition) is 3. The van der Waals surface area contributed by atoms with Gasteiger partial charge in [-0.1, -0.05) is 32.0 Å². The van der Waals surface area contributed by atoms with E-state index in [1.165, 1.54) is 0 Å². The number of aliphatic hydroxyl groups excluding tert-OH is 1. The molecule has 1 aromatic rings. The molecule has 2 aliphatic heterocycles. The Morgan fingerprint density at radius 2 is 1.87 bits per heavy atom. The summed E-state index contributed by atoms with van der Waals surface area (Å²) in [5.74, 6) is -0.520. The fraction of sp³-hybridized carbons (Fsp3) is 0.591. The third-order valence-electron chi connectivity index (χ3n) is 5.62. The fourth-order valence-corrected chi connectivity index (χ4v) is 5.83. The van der Waals surface area contributed by atoms with Gasteiger partial charge in [-0.25, -0.2) is 0 Å². The Kier molecular flexibility index (Phi) is 6.48. The third kappa shape index (κ3) is 4.21. The van der Waals surface area contributed by atoms with Crippen molar-refractivity contribution in [2.24, 2.45) is 5.92 Å². The summed E-state index contributed by atoms with van der Waals surface area (Å²) in [5.41, 5.74) is 1.56. The van der Waals surface area contributed by atoms with E-state index in [1.54, 1.807) is 29.7 Å². The topological polar surface area (TPSA) is 98.7 Å². The summed E-state index contributed by atoms with van der Waals surface area (Å²) in [6.07, 6.45) is 0.650. The van der Waals surface area contributed by atoms with Crippen molar-refractivity contribution in [2.75, 3.05) is 6.61 Å². The van der Waals surface area contributed by atoms with Gasteiger partial charge < -0.3 is 20.6 Å². The van der Waals surface area contributed by atoms with E-state index in [0.29, 0.717) is 17.9 Å². The van der Waals surface area contributed by atoms with E-state index in [-0.39, 0.29) is 35.7 Å². The smallest absolute Gasteiger partial charge is 0.256 e. The lowest BCUT2D eigenvalue weighted by atomic mass is 10.00. The Bertz CT molecular complexity index is 841. The van der Waals surface area contributed by atoms with Crippen LogP contribution in [-0.2, 0) is 9.59 Å². The summed E-state index contributed by atoms with van der Waals surface area (Å²) in [7, 11) is 0. The van der Waals surface area contributed by atoms with Crippen LogP contribution in [0.2, 0.25) is 0 Å². The Labute approximate surface area is 182 Å². The summed E-state index contributed by atoms with van der Waals surface area (Å²) >= 11 is 1.59. The minimum Gasteiger partial charge on any atom is -0.394 e.